The Bertz CT molecular complexity index is 788. The summed E-state index contributed by atoms with van der Waals surface area (Å²) in [5, 5.41) is 0. The Morgan fingerprint density at radius 3 is 2.94 bits per heavy atom. The van der Waals surface area contributed by atoms with Gasteiger partial charge >= 0.3 is 0 Å². The third-order valence-corrected chi connectivity index (χ3v) is 5.40. The number of hydrogen-bond acceptors (Lipinski definition) is 4. The molecule has 3 aromatic heterocycles. The number of nitrogens with zero attached hydrogens (tertiary/aromatic N) is 2. The Kier molecular flexibility index (Phi) is 2.01. The predicted octanol–water partition coefficient (Wildman–Crippen LogP) is 2.48. The summed E-state index contributed by atoms with van der Waals surface area (Å²) in [6.07, 6.45) is 1.84. The fraction of sp³-hybridized carbons (Fsp3) is 0. The molecule has 0 bridgehead atoms. The van der Waals surface area contributed by atoms with Crippen molar-refractivity contribution in [2.45, 2.75) is 4.21 Å². The van der Waals surface area contributed by atoms with Crippen LogP contribution in [0, 0.1) is 0 Å². The Balaban J connectivity index is 2.43. The van der Waals surface area contributed by atoms with E-state index in [0.717, 1.165) is 21.8 Å². The van der Waals surface area contributed by atoms with Crippen LogP contribution in [-0.2, 0) is 9.05 Å². The molecular weight excluding hydrogens is 268 g/mol. The molecule has 82 valence electrons. The lowest BCUT2D eigenvalue weighted by Crippen LogP contribution is -1.84. The molecule has 7 heteroatoms. The molecule has 3 heterocycles. The highest BCUT2D eigenvalue weighted by atomic mass is 35.7. The fourth-order valence-corrected chi connectivity index (χ4v) is 3.67. The van der Waals surface area contributed by atoms with Gasteiger partial charge in [0.25, 0.3) is 9.05 Å². The zero-order valence-corrected chi connectivity index (χ0v) is 10.2. The lowest BCUT2D eigenvalue weighted by Gasteiger charge is -1.91. The highest BCUT2D eigenvalue weighted by Gasteiger charge is 2.17. The minimum Gasteiger partial charge on any atom is -0.291 e. The van der Waals surface area contributed by atoms with Crippen LogP contribution in [0.1, 0.15) is 0 Å². The van der Waals surface area contributed by atoms with Gasteiger partial charge in [-0.3, -0.25) is 4.40 Å². The van der Waals surface area contributed by atoms with Gasteiger partial charge in [0.2, 0.25) is 0 Å². The summed E-state index contributed by atoms with van der Waals surface area (Å²) < 4.78 is 24.3. The summed E-state index contributed by atoms with van der Waals surface area (Å²) in [7, 11) is 1.62. The van der Waals surface area contributed by atoms with Crippen molar-refractivity contribution in [3.05, 3.63) is 30.5 Å². The average molecular weight is 273 g/mol. The number of imidazole rings is 1. The molecule has 0 amide bonds. The van der Waals surface area contributed by atoms with Crippen molar-refractivity contribution in [3.63, 3.8) is 0 Å². The Morgan fingerprint density at radius 1 is 1.38 bits per heavy atom. The summed E-state index contributed by atoms with van der Waals surface area (Å²) in [5.74, 6) is 0. The molecule has 3 rings (SSSR count). The fourth-order valence-electron chi connectivity index (χ4n) is 1.54. The molecule has 0 aromatic carbocycles. The van der Waals surface area contributed by atoms with E-state index in [1.807, 2.05) is 28.8 Å². The van der Waals surface area contributed by atoms with Gasteiger partial charge in [0.05, 0.1) is 0 Å². The van der Waals surface area contributed by atoms with E-state index in [2.05, 4.69) is 4.98 Å². The number of thiophene rings is 1. The minimum absolute atomic E-state index is 0.130. The molecule has 0 fully saturated rings. The summed E-state index contributed by atoms with van der Waals surface area (Å²) >= 11 is 1.12. The molecular formula is C9H5ClN2O2S2. The Labute approximate surface area is 99.5 Å². The van der Waals surface area contributed by atoms with Gasteiger partial charge in [-0.2, -0.15) is 0 Å². The molecule has 0 aliphatic heterocycles. The Morgan fingerprint density at radius 2 is 2.19 bits per heavy atom. The van der Waals surface area contributed by atoms with Crippen molar-refractivity contribution in [1.29, 1.82) is 0 Å². The molecule has 16 heavy (non-hydrogen) atoms. The first-order valence-electron chi connectivity index (χ1n) is 4.37. The van der Waals surface area contributed by atoms with Crippen LogP contribution in [0.3, 0.4) is 0 Å². The topological polar surface area (TPSA) is 51.4 Å². The van der Waals surface area contributed by atoms with Crippen molar-refractivity contribution in [2.75, 3.05) is 0 Å². The monoisotopic (exact) mass is 272 g/mol. The van der Waals surface area contributed by atoms with Crippen molar-refractivity contribution < 1.29 is 8.42 Å². The standard InChI is InChI=1S/C9H5ClN2O2S2/c10-16(13,14)8-5-6-9(15-8)12-4-2-1-3-7(12)11-6/h1-5H. The second kappa shape index (κ2) is 3.19. The molecule has 0 radical (unpaired) electrons. The van der Waals surface area contributed by atoms with Crippen LogP contribution in [-0.4, -0.2) is 17.8 Å². The van der Waals surface area contributed by atoms with Gasteiger partial charge in [0.15, 0.2) is 0 Å². The van der Waals surface area contributed by atoms with Gasteiger partial charge in [-0.05, 0) is 18.2 Å². The first-order valence-corrected chi connectivity index (χ1v) is 7.49. The van der Waals surface area contributed by atoms with Gasteiger partial charge in [-0.15, -0.1) is 11.3 Å². The maximum atomic E-state index is 11.2. The maximum absolute atomic E-state index is 11.2. The lowest BCUT2D eigenvalue weighted by molar-refractivity contribution is 0.611. The van der Waals surface area contributed by atoms with Gasteiger partial charge in [-0.1, -0.05) is 6.07 Å². The zero-order chi connectivity index (χ0) is 11.3. The van der Waals surface area contributed by atoms with Crippen molar-refractivity contribution in [3.8, 4) is 0 Å². The van der Waals surface area contributed by atoms with E-state index in [1.165, 1.54) is 6.07 Å². The molecule has 0 aliphatic rings. The van der Waals surface area contributed by atoms with E-state index in [1.54, 1.807) is 0 Å². The molecule has 0 atom stereocenters. The Hall–Kier alpha value is -1.11. The number of fused-ring (bicyclic) bond motifs is 3. The summed E-state index contributed by atoms with van der Waals surface area (Å²) in [4.78, 5) is 5.09. The van der Waals surface area contributed by atoms with E-state index >= 15 is 0 Å². The second-order valence-corrected chi connectivity index (χ2v) is 7.06. The number of hydrogen-bond donors (Lipinski definition) is 0. The summed E-state index contributed by atoms with van der Waals surface area (Å²) in [5.41, 5.74) is 1.44. The van der Waals surface area contributed by atoms with Crippen molar-refractivity contribution in [1.82, 2.24) is 9.38 Å². The number of halogens is 1. The second-order valence-electron chi connectivity index (χ2n) is 3.23. The minimum atomic E-state index is -3.67. The number of aromatic nitrogens is 2. The maximum Gasteiger partial charge on any atom is 0.270 e. The normalized spacial score (nSPS) is 12.6. The molecule has 3 aromatic rings. The highest BCUT2D eigenvalue weighted by Crippen LogP contribution is 2.31. The molecule has 0 aliphatic carbocycles. The largest absolute Gasteiger partial charge is 0.291 e. The molecule has 0 saturated carbocycles. The SMILES string of the molecule is O=S(=O)(Cl)c1cc2nc3ccccn3c2s1. The number of pyridine rings is 1. The third kappa shape index (κ3) is 1.41. The van der Waals surface area contributed by atoms with Crippen LogP contribution in [0.5, 0.6) is 0 Å². The first-order chi connectivity index (χ1) is 7.55. The van der Waals surface area contributed by atoms with Crippen molar-refractivity contribution >= 4 is 47.1 Å². The van der Waals surface area contributed by atoms with Gasteiger partial charge in [0, 0.05) is 16.9 Å². The van der Waals surface area contributed by atoms with E-state index in [9.17, 15) is 8.42 Å². The first kappa shape index (κ1) is 10.1. The number of rotatable bonds is 1. The quantitative estimate of drug-likeness (QED) is 0.640. The van der Waals surface area contributed by atoms with Crippen LogP contribution >= 0.6 is 22.0 Å². The summed E-state index contributed by atoms with van der Waals surface area (Å²) in [6.45, 7) is 0. The predicted molar refractivity (Wildman–Crippen MR) is 63.6 cm³/mol. The van der Waals surface area contributed by atoms with Crippen molar-refractivity contribution in [2.24, 2.45) is 0 Å². The smallest absolute Gasteiger partial charge is 0.270 e. The highest BCUT2D eigenvalue weighted by molar-refractivity contribution is 8.15. The van der Waals surface area contributed by atoms with E-state index < -0.39 is 9.05 Å². The lowest BCUT2D eigenvalue weighted by atomic mass is 10.5. The van der Waals surface area contributed by atoms with Crippen LogP contribution in [0.2, 0.25) is 0 Å². The van der Waals surface area contributed by atoms with Gasteiger partial charge in [-0.25, -0.2) is 13.4 Å². The molecule has 0 N–H and O–H groups in total. The van der Waals surface area contributed by atoms with Crippen LogP contribution in [0.15, 0.2) is 34.7 Å². The molecule has 4 nitrogen and oxygen atoms in total. The van der Waals surface area contributed by atoms with Gasteiger partial charge < -0.3 is 0 Å². The van der Waals surface area contributed by atoms with Gasteiger partial charge in [0.1, 0.15) is 20.2 Å². The van der Waals surface area contributed by atoms with Crippen LogP contribution in [0.4, 0.5) is 0 Å². The van der Waals surface area contributed by atoms with Crippen LogP contribution < -0.4 is 0 Å². The average Bonchev–Trinajstić information content (AvgIpc) is 2.72. The van der Waals surface area contributed by atoms with Crippen LogP contribution in [0.25, 0.3) is 16.0 Å². The van der Waals surface area contributed by atoms with E-state index in [0.29, 0.717) is 5.52 Å². The molecule has 0 saturated heterocycles. The van der Waals surface area contributed by atoms with E-state index in [4.69, 9.17) is 10.7 Å². The third-order valence-electron chi connectivity index (χ3n) is 2.20. The molecule has 0 spiro atoms. The van der Waals surface area contributed by atoms with E-state index in [-0.39, 0.29) is 4.21 Å². The molecule has 0 unspecified atom stereocenters. The zero-order valence-electron chi connectivity index (χ0n) is 7.79. The summed E-state index contributed by atoms with van der Waals surface area (Å²) in [6, 6.07) is 7.10.